The van der Waals surface area contributed by atoms with E-state index in [0.29, 0.717) is 25.0 Å². The number of pyridine rings is 1. The van der Waals surface area contributed by atoms with E-state index in [9.17, 15) is 27.6 Å². The Kier molecular flexibility index (Phi) is 10.8. The smallest absolute Gasteiger partial charge is 0.374 e. The summed E-state index contributed by atoms with van der Waals surface area (Å²) in [7, 11) is 0. The van der Waals surface area contributed by atoms with Crippen molar-refractivity contribution in [1.82, 2.24) is 35.1 Å². The van der Waals surface area contributed by atoms with Crippen molar-refractivity contribution in [2.75, 3.05) is 18.4 Å². The molecule has 0 bridgehead atoms. The number of rotatable bonds is 10. The summed E-state index contributed by atoms with van der Waals surface area (Å²) in [5.41, 5.74) is 8.76. The Morgan fingerprint density at radius 3 is 2.33 bits per heavy atom. The standard InChI is InChI=1S/C44H41F3N8O3/c1-27-20-32(6-7-33(27)22-49-42(57)37-13-10-35(23-48-37)44(45,46)47)41-39-21-34(25-55(39)51-26-50-41)30-4-2-28(3-5-30)24-54-18-16-31(17-19-54)29-8-11-36(12-9-29)52-38-14-15-40(56)53-43(38)58/h2-13,20-21,23,25-26,31,38,52H,14-19,22,24H2,1H3,(H,49,57)(H,53,56,58). The Bertz CT molecular complexity index is 2460. The fraction of sp³-hybridized carbons (Fsp3) is 0.273. The second-order valence-corrected chi connectivity index (χ2v) is 14.9. The Morgan fingerprint density at radius 2 is 1.64 bits per heavy atom. The summed E-state index contributed by atoms with van der Waals surface area (Å²) >= 11 is 0. The van der Waals surface area contributed by atoms with Gasteiger partial charge in [0.2, 0.25) is 11.8 Å². The number of carbonyl (C=O) groups excluding carboxylic acids is 3. The van der Waals surface area contributed by atoms with Crippen molar-refractivity contribution in [3.8, 4) is 22.4 Å². The number of benzene rings is 3. The number of amides is 3. The molecule has 3 N–H and O–H groups in total. The normalized spacial score (nSPS) is 16.7. The van der Waals surface area contributed by atoms with E-state index in [4.69, 9.17) is 0 Å². The van der Waals surface area contributed by atoms with E-state index in [1.807, 2.05) is 48.0 Å². The number of alkyl halides is 3. The highest BCUT2D eigenvalue weighted by atomic mass is 19.4. The van der Waals surface area contributed by atoms with Crippen molar-refractivity contribution in [1.29, 1.82) is 0 Å². The van der Waals surface area contributed by atoms with Crippen LogP contribution in [0, 0.1) is 6.92 Å². The molecule has 11 nitrogen and oxygen atoms in total. The van der Waals surface area contributed by atoms with Crippen molar-refractivity contribution in [2.24, 2.45) is 0 Å². The van der Waals surface area contributed by atoms with Gasteiger partial charge in [-0.2, -0.15) is 18.3 Å². The number of nitrogens with zero attached hydrogens (tertiary/aromatic N) is 5. The Morgan fingerprint density at radius 1 is 0.879 bits per heavy atom. The van der Waals surface area contributed by atoms with Gasteiger partial charge in [0.15, 0.2) is 0 Å². The van der Waals surface area contributed by atoms with E-state index in [0.717, 1.165) is 89.3 Å². The third kappa shape index (κ3) is 8.61. The molecule has 0 saturated carbocycles. The molecule has 3 aromatic carbocycles. The number of anilines is 1. The molecule has 6 aromatic rings. The second-order valence-electron chi connectivity index (χ2n) is 14.9. The molecule has 2 saturated heterocycles. The lowest BCUT2D eigenvalue weighted by molar-refractivity contribution is -0.138. The average molecular weight is 787 g/mol. The maximum absolute atomic E-state index is 12.9. The van der Waals surface area contributed by atoms with Crippen molar-refractivity contribution >= 4 is 28.9 Å². The second kappa shape index (κ2) is 16.2. The fourth-order valence-electron chi connectivity index (χ4n) is 7.68. The molecule has 8 rings (SSSR count). The first-order valence-corrected chi connectivity index (χ1v) is 19.2. The largest absolute Gasteiger partial charge is 0.417 e. The van der Waals surface area contributed by atoms with Gasteiger partial charge in [0.05, 0.1) is 16.8 Å². The number of imide groups is 1. The molecule has 2 aliphatic heterocycles. The van der Waals surface area contributed by atoms with E-state index in [-0.39, 0.29) is 24.1 Å². The van der Waals surface area contributed by atoms with E-state index in [1.54, 1.807) is 0 Å². The highest BCUT2D eigenvalue weighted by Gasteiger charge is 2.31. The Hall–Kier alpha value is -6.41. The predicted molar refractivity (Wildman–Crippen MR) is 212 cm³/mol. The summed E-state index contributed by atoms with van der Waals surface area (Å²) in [5, 5.41) is 12.8. The summed E-state index contributed by atoms with van der Waals surface area (Å²) < 4.78 is 40.4. The van der Waals surface area contributed by atoms with Crippen LogP contribution < -0.4 is 16.0 Å². The molecule has 0 aliphatic carbocycles. The van der Waals surface area contributed by atoms with Gasteiger partial charge in [0, 0.05) is 48.7 Å². The van der Waals surface area contributed by atoms with Gasteiger partial charge >= 0.3 is 6.18 Å². The number of aromatic nitrogens is 4. The van der Waals surface area contributed by atoms with Crippen LogP contribution in [0.2, 0.25) is 0 Å². The number of piperidine rings is 2. The predicted octanol–water partition coefficient (Wildman–Crippen LogP) is 7.31. The maximum atomic E-state index is 12.9. The molecule has 0 radical (unpaired) electrons. The number of hydrogen-bond donors (Lipinski definition) is 3. The van der Waals surface area contributed by atoms with Gasteiger partial charge in [-0.3, -0.25) is 29.6 Å². The molecule has 58 heavy (non-hydrogen) atoms. The molecule has 2 aliphatic rings. The van der Waals surface area contributed by atoms with E-state index >= 15 is 0 Å². The number of fused-ring (bicyclic) bond motifs is 1. The van der Waals surface area contributed by atoms with Gasteiger partial charge in [-0.15, -0.1) is 0 Å². The zero-order valence-corrected chi connectivity index (χ0v) is 31.7. The number of carbonyl (C=O) groups is 3. The van der Waals surface area contributed by atoms with Crippen LogP contribution in [0.3, 0.4) is 0 Å². The molecule has 3 aromatic heterocycles. The highest BCUT2D eigenvalue weighted by Crippen LogP contribution is 2.32. The van der Waals surface area contributed by atoms with Crippen molar-refractivity contribution in [2.45, 2.75) is 63.8 Å². The molecule has 5 heterocycles. The molecule has 0 spiro atoms. The van der Waals surface area contributed by atoms with Gasteiger partial charge in [0.1, 0.15) is 18.1 Å². The molecule has 3 amide bonds. The highest BCUT2D eigenvalue weighted by molar-refractivity contribution is 6.01. The third-order valence-electron chi connectivity index (χ3n) is 11.0. The molecule has 2 fully saturated rings. The third-order valence-corrected chi connectivity index (χ3v) is 11.0. The molecular weight excluding hydrogens is 746 g/mol. The summed E-state index contributed by atoms with van der Waals surface area (Å²) in [6.45, 7) is 4.99. The first kappa shape index (κ1) is 38.5. The van der Waals surface area contributed by atoms with Crippen LogP contribution in [0.1, 0.15) is 69.9 Å². The SMILES string of the molecule is Cc1cc(-c2ncnn3cc(-c4ccc(CN5CCC(c6ccc(NC7CCC(=O)NC7=O)cc6)CC5)cc4)cc23)ccc1CNC(=O)c1ccc(C(F)(F)F)cn1. The van der Waals surface area contributed by atoms with Gasteiger partial charge in [-0.25, -0.2) is 9.50 Å². The molecule has 296 valence electrons. The molecule has 1 atom stereocenters. The maximum Gasteiger partial charge on any atom is 0.417 e. The number of hydrogen-bond acceptors (Lipinski definition) is 8. The average Bonchev–Trinajstić information content (AvgIpc) is 3.67. The minimum atomic E-state index is -4.52. The summed E-state index contributed by atoms with van der Waals surface area (Å²) in [6.07, 6.45) is 2.64. The van der Waals surface area contributed by atoms with Crippen LogP contribution in [0.5, 0.6) is 0 Å². The van der Waals surface area contributed by atoms with E-state index < -0.39 is 23.7 Å². The van der Waals surface area contributed by atoms with Crippen LogP contribution in [-0.2, 0) is 28.9 Å². The Balaban J connectivity index is 0.855. The van der Waals surface area contributed by atoms with Gasteiger partial charge < -0.3 is 10.6 Å². The van der Waals surface area contributed by atoms with Gasteiger partial charge in [-0.05, 0) is 109 Å². The quantitative estimate of drug-likeness (QED) is 0.123. The van der Waals surface area contributed by atoms with Crippen LogP contribution in [0.15, 0.2) is 104 Å². The zero-order chi connectivity index (χ0) is 40.4. The van der Waals surface area contributed by atoms with Crippen molar-refractivity contribution < 1.29 is 27.6 Å². The van der Waals surface area contributed by atoms with E-state index in [2.05, 4.69) is 78.4 Å². The summed E-state index contributed by atoms with van der Waals surface area (Å²) in [6, 6.07) is 26.4. The van der Waals surface area contributed by atoms with E-state index in [1.165, 1.54) is 17.5 Å². The van der Waals surface area contributed by atoms with Crippen molar-refractivity contribution in [3.63, 3.8) is 0 Å². The van der Waals surface area contributed by atoms with Crippen LogP contribution in [-0.4, -0.2) is 61.3 Å². The zero-order valence-electron chi connectivity index (χ0n) is 31.7. The lowest BCUT2D eigenvalue weighted by Crippen LogP contribution is -2.47. The first-order valence-electron chi connectivity index (χ1n) is 19.2. The lowest BCUT2D eigenvalue weighted by atomic mass is 9.89. The number of halogens is 3. The number of likely N-dealkylation sites (tertiary alicyclic amines) is 1. The van der Waals surface area contributed by atoms with Gasteiger partial charge in [0.25, 0.3) is 5.91 Å². The topological polar surface area (TPSA) is 134 Å². The first-order chi connectivity index (χ1) is 28.0. The molecular formula is C44H41F3N8O3. The number of aryl methyl sites for hydroxylation is 1. The van der Waals surface area contributed by atoms with Crippen LogP contribution in [0.25, 0.3) is 27.9 Å². The summed E-state index contributed by atoms with van der Waals surface area (Å²) in [5.74, 6) is -0.567. The lowest BCUT2D eigenvalue weighted by Gasteiger charge is -2.32. The van der Waals surface area contributed by atoms with Crippen LogP contribution >= 0.6 is 0 Å². The van der Waals surface area contributed by atoms with Crippen LogP contribution in [0.4, 0.5) is 18.9 Å². The Labute approximate surface area is 332 Å². The molecule has 1 unspecified atom stereocenters. The molecule has 14 heteroatoms. The minimum absolute atomic E-state index is 0.0928. The monoisotopic (exact) mass is 786 g/mol. The fourth-order valence-corrected chi connectivity index (χ4v) is 7.68. The van der Waals surface area contributed by atoms with Crippen molar-refractivity contribution in [3.05, 3.63) is 137 Å². The minimum Gasteiger partial charge on any atom is -0.374 e. The number of nitrogens with one attached hydrogen (secondary N) is 3. The summed E-state index contributed by atoms with van der Waals surface area (Å²) in [4.78, 5) is 46.9. The van der Waals surface area contributed by atoms with Gasteiger partial charge in [-0.1, -0.05) is 48.5 Å².